The van der Waals surface area contributed by atoms with E-state index in [0.29, 0.717) is 24.7 Å². The summed E-state index contributed by atoms with van der Waals surface area (Å²) in [6, 6.07) is 0.559. The highest BCUT2D eigenvalue weighted by Crippen LogP contribution is 2.41. The number of rotatable bonds is 5. The summed E-state index contributed by atoms with van der Waals surface area (Å²) in [5.74, 6) is 1.11. The first-order chi connectivity index (χ1) is 7.27. The zero-order chi connectivity index (χ0) is 10.8. The number of nitrogens with zero attached hydrogens (tertiary/aromatic N) is 1. The van der Waals surface area contributed by atoms with E-state index in [2.05, 4.69) is 24.1 Å². The van der Waals surface area contributed by atoms with E-state index >= 15 is 0 Å². The SMILES string of the molecule is CCCC1CC1N1C(=O)CNC1CCC. The largest absolute Gasteiger partial charge is 0.323 e. The maximum Gasteiger partial charge on any atom is 0.238 e. The van der Waals surface area contributed by atoms with Gasteiger partial charge in [0.2, 0.25) is 5.91 Å². The second-order valence-electron chi connectivity index (χ2n) is 4.84. The van der Waals surface area contributed by atoms with Gasteiger partial charge < -0.3 is 4.90 Å². The fourth-order valence-electron chi connectivity index (χ4n) is 2.75. The van der Waals surface area contributed by atoms with E-state index in [4.69, 9.17) is 0 Å². The molecule has 15 heavy (non-hydrogen) atoms. The van der Waals surface area contributed by atoms with Crippen LogP contribution in [0.1, 0.15) is 46.0 Å². The van der Waals surface area contributed by atoms with E-state index in [-0.39, 0.29) is 0 Å². The lowest BCUT2D eigenvalue weighted by molar-refractivity contribution is -0.128. The number of nitrogens with one attached hydrogen (secondary N) is 1. The molecule has 0 spiro atoms. The van der Waals surface area contributed by atoms with Crippen LogP contribution in [0.5, 0.6) is 0 Å². The van der Waals surface area contributed by atoms with Gasteiger partial charge in [-0.3, -0.25) is 10.1 Å². The Balaban J connectivity index is 1.91. The minimum absolute atomic E-state index is 0.317. The van der Waals surface area contributed by atoms with Crippen molar-refractivity contribution < 1.29 is 4.79 Å². The van der Waals surface area contributed by atoms with Crippen LogP contribution in [0.25, 0.3) is 0 Å². The van der Waals surface area contributed by atoms with Gasteiger partial charge in [-0.25, -0.2) is 0 Å². The summed E-state index contributed by atoms with van der Waals surface area (Å²) in [5, 5.41) is 3.32. The summed E-state index contributed by atoms with van der Waals surface area (Å²) in [7, 11) is 0. The molecule has 1 saturated heterocycles. The molecule has 0 aromatic heterocycles. The van der Waals surface area contributed by atoms with Gasteiger partial charge in [0.25, 0.3) is 0 Å². The molecule has 2 fully saturated rings. The van der Waals surface area contributed by atoms with Crippen LogP contribution in [0.3, 0.4) is 0 Å². The lowest BCUT2D eigenvalue weighted by atomic mass is 10.2. The van der Waals surface area contributed by atoms with Crippen molar-refractivity contribution in [2.24, 2.45) is 5.92 Å². The first kappa shape index (κ1) is 10.9. The van der Waals surface area contributed by atoms with Crippen LogP contribution in [0.15, 0.2) is 0 Å². The molecule has 0 radical (unpaired) electrons. The maximum atomic E-state index is 11.8. The smallest absolute Gasteiger partial charge is 0.238 e. The third-order valence-electron chi connectivity index (χ3n) is 3.58. The first-order valence-corrected chi connectivity index (χ1v) is 6.32. The predicted molar refractivity (Wildman–Crippen MR) is 60.3 cm³/mol. The average molecular weight is 210 g/mol. The molecule has 0 aromatic carbocycles. The highest BCUT2D eigenvalue weighted by molar-refractivity contribution is 5.81. The van der Waals surface area contributed by atoms with Crippen molar-refractivity contribution in [2.75, 3.05) is 6.54 Å². The molecule has 2 rings (SSSR count). The van der Waals surface area contributed by atoms with Crippen molar-refractivity contribution in [3.63, 3.8) is 0 Å². The molecule has 1 N–H and O–H groups in total. The summed E-state index contributed by atoms with van der Waals surface area (Å²) in [6.45, 7) is 4.96. The van der Waals surface area contributed by atoms with Gasteiger partial charge in [0.15, 0.2) is 0 Å². The van der Waals surface area contributed by atoms with Crippen LogP contribution in [0.4, 0.5) is 0 Å². The summed E-state index contributed by atoms with van der Waals surface area (Å²) < 4.78 is 0. The van der Waals surface area contributed by atoms with Crippen LogP contribution in [0, 0.1) is 5.92 Å². The van der Waals surface area contributed by atoms with Crippen molar-refractivity contribution in [1.29, 1.82) is 0 Å². The third kappa shape index (κ3) is 2.17. The molecule has 3 atom stereocenters. The Kier molecular flexibility index (Phi) is 3.29. The molecule has 1 aliphatic carbocycles. The molecular weight excluding hydrogens is 188 g/mol. The second-order valence-corrected chi connectivity index (χ2v) is 4.84. The van der Waals surface area contributed by atoms with E-state index in [1.54, 1.807) is 0 Å². The van der Waals surface area contributed by atoms with E-state index in [0.717, 1.165) is 18.8 Å². The van der Waals surface area contributed by atoms with Gasteiger partial charge in [-0.15, -0.1) is 0 Å². The molecule has 3 heteroatoms. The molecule has 0 aromatic rings. The Morgan fingerprint density at radius 2 is 2.07 bits per heavy atom. The van der Waals surface area contributed by atoms with Crippen LogP contribution in [-0.2, 0) is 4.79 Å². The van der Waals surface area contributed by atoms with Crippen LogP contribution >= 0.6 is 0 Å². The second kappa shape index (κ2) is 4.52. The Hall–Kier alpha value is -0.570. The van der Waals surface area contributed by atoms with E-state index < -0.39 is 0 Å². The number of hydrogen-bond donors (Lipinski definition) is 1. The summed E-state index contributed by atoms with van der Waals surface area (Å²) in [4.78, 5) is 13.9. The Morgan fingerprint density at radius 1 is 1.33 bits per heavy atom. The van der Waals surface area contributed by atoms with Gasteiger partial charge >= 0.3 is 0 Å². The quantitative estimate of drug-likeness (QED) is 0.749. The fraction of sp³-hybridized carbons (Fsp3) is 0.917. The maximum absolute atomic E-state index is 11.8. The molecule has 86 valence electrons. The molecule has 3 unspecified atom stereocenters. The summed E-state index contributed by atoms with van der Waals surface area (Å²) in [6.07, 6.45) is 6.34. The van der Waals surface area contributed by atoms with Crippen molar-refractivity contribution in [3.05, 3.63) is 0 Å². The zero-order valence-corrected chi connectivity index (χ0v) is 9.83. The van der Waals surface area contributed by atoms with E-state index in [9.17, 15) is 4.79 Å². The van der Waals surface area contributed by atoms with Crippen LogP contribution < -0.4 is 5.32 Å². The first-order valence-electron chi connectivity index (χ1n) is 6.32. The molecule has 1 aliphatic heterocycles. The minimum Gasteiger partial charge on any atom is -0.323 e. The van der Waals surface area contributed by atoms with Gasteiger partial charge in [-0.1, -0.05) is 26.7 Å². The number of carbonyl (C=O) groups excluding carboxylic acids is 1. The standard InChI is InChI=1S/C12H22N2O/c1-3-5-9-7-10(9)14-11(6-4-2)13-8-12(14)15/h9-11,13H,3-8H2,1-2H3. The topological polar surface area (TPSA) is 32.3 Å². The minimum atomic E-state index is 0.317. The van der Waals surface area contributed by atoms with Gasteiger partial charge in [0, 0.05) is 6.04 Å². The highest BCUT2D eigenvalue weighted by Gasteiger charge is 2.47. The Labute approximate surface area is 92.2 Å². The van der Waals surface area contributed by atoms with Gasteiger partial charge in [0.05, 0.1) is 12.7 Å². The van der Waals surface area contributed by atoms with E-state index in [1.165, 1.54) is 19.3 Å². The normalized spacial score (nSPS) is 34.9. The molecule has 1 heterocycles. The van der Waals surface area contributed by atoms with Crippen molar-refractivity contribution >= 4 is 5.91 Å². The summed E-state index contributed by atoms with van der Waals surface area (Å²) in [5.41, 5.74) is 0. The van der Waals surface area contributed by atoms with Crippen molar-refractivity contribution in [2.45, 2.75) is 58.2 Å². The van der Waals surface area contributed by atoms with E-state index in [1.807, 2.05) is 0 Å². The van der Waals surface area contributed by atoms with Crippen LogP contribution in [-0.4, -0.2) is 29.6 Å². The number of amides is 1. The highest BCUT2D eigenvalue weighted by atomic mass is 16.2. The third-order valence-corrected chi connectivity index (χ3v) is 3.58. The van der Waals surface area contributed by atoms with Gasteiger partial charge in [-0.05, 0) is 25.2 Å². The van der Waals surface area contributed by atoms with Crippen LogP contribution in [0.2, 0.25) is 0 Å². The molecule has 0 bridgehead atoms. The van der Waals surface area contributed by atoms with Crippen molar-refractivity contribution in [3.8, 4) is 0 Å². The van der Waals surface area contributed by atoms with Gasteiger partial charge in [0.1, 0.15) is 0 Å². The average Bonchev–Trinajstić information content (AvgIpc) is 2.86. The molecule has 1 saturated carbocycles. The summed E-state index contributed by atoms with van der Waals surface area (Å²) >= 11 is 0. The Morgan fingerprint density at radius 3 is 2.73 bits per heavy atom. The lowest BCUT2D eigenvalue weighted by Gasteiger charge is -2.24. The fourth-order valence-corrected chi connectivity index (χ4v) is 2.75. The number of carbonyl (C=O) groups is 1. The molecule has 1 amide bonds. The van der Waals surface area contributed by atoms with Gasteiger partial charge in [-0.2, -0.15) is 0 Å². The molecular formula is C12H22N2O. The van der Waals surface area contributed by atoms with Crippen molar-refractivity contribution in [1.82, 2.24) is 10.2 Å². The monoisotopic (exact) mass is 210 g/mol. The molecule has 3 nitrogen and oxygen atoms in total. The zero-order valence-electron chi connectivity index (χ0n) is 9.83. The predicted octanol–water partition coefficient (Wildman–Crippen LogP) is 1.73. The lowest BCUT2D eigenvalue weighted by Crippen LogP contribution is -2.39. The Bertz CT molecular complexity index is 242. The molecule has 2 aliphatic rings. The number of hydrogen-bond acceptors (Lipinski definition) is 2.